The van der Waals surface area contributed by atoms with Crippen molar-refractivity contribution in [3.05, 3.63) is 62.5 Å². The number of nitrogens with zero attached hydrogens (tertiary/aromatic N) is 2. The van der Waals surface area contributed by atoms with Crippen molar-refractivity contribution < 1.29 is 9.53 Å². The zero-order chi connectivity index (χ0) is 18.0. The maximum Gasteiger partial charge on any atom is 0.338 e. The molecule has 0 amide bonds. The molecule has 0 radical (unpaired) electrons. The first-order chi connectivity index (χ1) is 12.0. The standard InChI is InChI=1S/C19H20N2O3S/c1-4-8-24-19(23)15-7-5-6-14(10-15)11-21-13(3)20-17-16(18(21)22)9-12(2)25-17/h5-7,9-10H,4,8,11H2,1-3H3. The second kappa shape index (κ2) is 7.19. The van der Waals surface area contributed by atoms with Crippen LogP contribution in [0.5, 0.6) is 0 Å². The molecule has 0 atom stereocenters. The quantitative estimate of drug-likeness (QED) is 0.654. The lowest BCUT2D eigenvalue weighted by Gasteiger charge is -2.10. The van der Waals surface area contributed by atoms with Gasteiger partial charge >= 0.3 is 5.97 Å². The van der Waals surface area contributed by atoms with Crippen LogP contribution in [0.2, 0.25) is 0 Å². The van der Waals surface area contributed by atoms with Crippen molar-refractivity contribution in [2.75, 3.05) is 6.61 Å². The van der Waals surface area contributed by atoms with Gasteiger partial charge in [0, 0.05) is 4.88 Å². The molecule has 3 aromatic rings. The van der Waals surface area contributed by atoms with E-state index >= 15 is 0 Å². The summed E-state index contributed by atoms with van der Waals surface area (Å²) in [5.41, 5.74) is 1.31. The van der Waals surface area contributed by atoms with Gasteiger partial charge in [0.1, 0.15) is 10.7 Å². The molecule has 130 valence electrons. The van der Waals surface area contributed by atoms with Crippen LogP contribution < -0.4 is 5.56 Å². The van der Waals surface area contributed by atoms with Crippen molar-refractivity contribution in [2.45, 2.75) is 33.7 Å². The number of thiophene rings is 1. The third-order valence-electron chi connectivity index (χ3n) is 3.91. The van der Waals surface area contributed by atoms with E-state index in [4.69, 9.17) is 4.74 Å². The number of fused-ring (bicyclic) bond motifs is 1. The first kappa shape index (κ1) is 17.4. The van der Waals surface area contributed by atoms with Gasteiger partial charge < -0.3 is 4.74 Å². The molecule has 3 rings (SSSR count). The largest absolute Gasteiger partial charge is 0.462 e. The smallest absolute Gasteiger partial charge is 0.338 e. The first-order valence-corrected chi connectivity index (χ1v) is 9.05. The number of hydrogen-bond donors (Lipinski definition) is 0. The Bertz CT molecular complexity index is 988. The van der Waals surface area contributed by atoms with Crippen LogP contribution in [0.4, 0.5) is 0 Å². The third-order valence-corrected chi connectivity index (χ3v) is 4.85. The van der Waals surface area contributed by atoms with Crippen LogP contribution in [0.15, 0.2) is 35.1 Å². The maximum absolute atomic E-state index is 12.8. The molecule has 0 aliphatic carbocycles. The fourth-order valence-corrected chi connectivity index (χ4v) is 3.60. The molecule has 0 spiro atoms. The van der Waals surface area contributed by atoms with Gasteiger partial charge in [0.2, 0.25) is 0 Å². The molecule has 0 bridgehead atoms. The van der Waals surface area contributed by atoms with E-state index in [9.17, 15) is 9.59 Å². The Morgan fingerprint density at radius 3 is 2.84 bits per heavy atom. The minimum Gasteiger partial charge on any atom is -0.462 e. The minimum atomic E-state index is -0.338. The van der Waals surface area contributed by atoms with Crippen molar-refractivity contribution in [1.82, 2.24) is 9.55 Å². The Labute approximate surface area is 149 Å². The highest BCUT2D eigenvalue weighted by atomic mass is 32.1. The van der Waals surface area contributed by atoms with Gasteiger partial charge in [0.15, 0.2) is 0 Å². The molecule has 5 nitrogen and oxygen atoms in total. The molecule has 0 saturated heterocycles. The van der Waals surface area contributed by atoms with E-state index in [1.165, 1.54) is 11.3 Å². The van der Waals surface area contributed by atoms with Crippen molar-refractivity contribution in [2.24, 2.45) is 0 Å². The van der Waals surface area contributed by atoms with E-state index in [0.717, 1.165) is 21.7 Å². The molecule has 2 heterocycles. The predicted molar refractivity (Wildman–Crippen MR) is 99.5 cm³/mol. The lowest BCUT2D eigenvalue weighted by atomic mass is 10.1. The highest BCUT2D eigenvalue weighted by molar-refractivity contribution is 7.18. The SMILES string of the molecule is CCCOC(=O)c1cccc(Cn2c(C)nc3sc(C)cc3c2=O)c1. The van der Waals surface area contributed by atoms with Gasteiger partial charge in [-0.15, -0.1) is 11.3 Å². The molecule has 6 heteroatoms. The van der Waals surface area contributed by atoms with Gasteiger partial charge in [-0.25, -0.2) is 9.78 Å². The summed E-state index contributed by atoms with van der Waals surface area (Å²) >= 11 is 1.52. The lowest BCUT2D eigenvalue weighted by Crippen LogP contribution is -2.24. The van der Waals surface area contributed by atoms with Gasteiger partial charge in [0.25, 0.3) is 5.56 Å². The number of aromatic nitrogens is 2. The van der Waals surface area contributed by atoms with E-state index in [0.29, 0.717) is 29.9 Å². The lowest BCUT2D eigenvalue weighted by molar-refractivity contribution is 0.0505. The second-order valence-corrected chi connectivity index (χ2v) is 7.20. The maximum atomic E-state index is 12.8. The summed E-state index contributed by atoms with van der Waals surface area (Å²) in [4.78, 5) is 31.2. The highest BCUT2D eigenvalue weighted by Crippen LogP contribution is 2.20. The fourth-order valence-electron chi connectivity index (χ4n) is 2.68. The van der Waals surface area contributed by atoms with Crippen molar-refractivity contribution >= 4 is 27.5 Å². The summed E-state index contributed by atoms with van der Waals surface area (Å²) in [7, 11) is 0. The molecular weight excluding hydrogens is 336 g/mol. The number of rotatable bonds is 5. The van der Waals surface area contributed by atoms with Crippen molar-refractivity contribution in [3.8, 4) is 0 Å². The normalized spacial score (nSPS) is 11.0. The van der Waals surface area contributed by atoms with Crippen molar-refractivity contribution in [1.29, 1.82) is 0 Å². The Hall–Kier alpha value is -2.47. The Morgan fingerprint density at radius 2 is 2.08 bits per heavy atom. The van der Waals surface area contributed by atoms with Crippen LogP contribution in [0.25, 0.3) is 10.2 Å². The minimum absolute atomic E-state index is 0.0502. The first-order valence-electron chi connectivity index (χ1n) is 8.23. The van der Waals surface area contributed by atoms with Crippen LogP contribution in [0, 0.1) is 13.8 Å². The Kier molecular flexibility index (Phi) is 4.99. The van der Waals surface area contributed by atoms with Crippen LogP contribution in [-0.4, -0.2) is 22.1 Å². The number of esters is 1. The number of ether oxygens (including phenoxy) is 1. The summed E-state index contributed by atoms with van der Waals surface area (Å²) in [5.74, 6) is 0.327. The third kappa shape index (κ3) is 3.64. The molecule has 0 aliphatic rings. The summed E-state index contributed by atoms with van der Waals surface area (Å²) in [6.45, 7) is 6.53. The Morgan fingerprint density at radius 1 is 1.28 bits per heavy atom. The zero-order valence-corrected chi connectivity index (χ0v) is 15.4. The van der Waals surface area contributed by atoms with Gasteiger partial charge in [-0.2, -0.15) is 0 Å². The average Bonchev–Trinajstić information content (AvgIpc) is 2.97. The molecule has 0 aliphatic heterocycles. The van der Waals surface area contributed by atoms with Crippen LogP contribution >= 0.6 is 11.3 Å². The van der Waals surface area contributed by atoms with E-state index in [1.54, 1.807) is 22.8 Å². The van der Waals surface area contributed by atoms with E-state index < -0.39 is 0 Å². The summed E-state index contributed by atoms with van der Waals surface area (Å²) in [6, 6.07) is 9.07. The number of benzene rings is 1. The zero-order valence-electron chi connectivity index (χ0n) is 14.5. The molecule has 2 aromatic heterocycles. The van der Waals surface area contributed by atoms with Gasteiger partial charge in [-0.05, 0) is 44.0 Å². The number of aryl methyl sites for hydroxylation is 2. The second-order valence-electron chi connectivity index (χ2n) is 5.96. The summed E-state index contributed by atoms with van der Waals surface area (Å²) in [6.07, 6.45) is 0.783. The predicted octanol–water partition coefficient (Wildman–Crippen LogP) is 3.69. The van der Waals surface area contributed by atoms with Crippen molar-refractivity contribution in [3.63, 3.8) is 0 Å². The molecule has 0 fully saturated rings. The molecular formula is C19H20N2O3S. The number of carbonyl (C=O) groups is 1. The molecule has 0 saturated carbocycles. The molecule has 0 N–H and O–H groups in total. The topological polar surface area (TPSA) is 61.2 Å². The van der Waals surface area contributed by atoms with E-state index in [1.807, 2.05) is 32.9 Å². The number of hydrogen-bond acceptors (Lipinski definition) is 5. The number of carbonyl (C=O) groups excluding carboxylic acids is 1. The van der Waals surface area contributed by atoms with E-state index in [2.05, 4.69) is 4.98 Å². The van der Waals surface area contributed by atoms with Gasteiger partial charge in [0.05, 0.1) is 24.1 Å². The van der Waals surface area contributed by atoms with Gasteiger partial charge in [-0.3, -0.25) is 9.36 Å². The van der Waals surface area contributed by atoms with Crippen LogP contribution in [0.1, 0.15) is 40.0 Å². The highest BCUT2D eigenvalue weighted by Gasteiger charge is 2.12. The average molecular weight is 356 g/mol. The molecule has 1 aromatic carbocycles. The molecule has 25 heavy (non-hydrogen) atoms. The monoisotopic (exact) mass is 356 g/mol. The summed E-state index contributed by atoms with van der Waals surface area (Å²) < 4.78 is 6.82. The fraction of sp³-hybridized carbons (Fsp3) is 0.316. The molecule has 0 unspecified atom stereocenters. The van der Waals surface area contributed by atoms with Crippen LogP contribution in [-0.2, 0) is 11.3 Å². The Balaban J connectivity index is 1.94. The van der Waals surface area contributed by atoms with E-state index in [-0.39, 0.29) is 11.5 Å². The van der Waals surface area contributed by atoms with Gasteiger partial charge in [-0.1, -0.05) is 19.1 Å². The summed E-state index contributed by atoms with van der Waals surface area (Å²) in [5, 5.41) is 0.645. The van der Waals surface area contributed by atoms with Crippen LogP contribution in [0.3, 0.4) is 0 Å².